The molecular weight excluding hydrogens is 174 g/mol. The summed E-state index contributed by atoms with van der Waals surface area (Å²) >= 11 is 0. The molecule has 0 saturated heterocycles. The molecule has 0 atom stereocenters. The second-order valence-corrected chi connectivity index (χ2v) is 3.41. The lowest BCUT2D eigenvalue weighted by molar-refractivity contribution is 1.15. The summed E-state index contributed by atoms with van der Waals surface area (Å²) in [7, 11) is 0. The first-order valence-corrected chi connectivity index (χ1v) is 4.59. The fourth-order valence-corrected chi connectivity index (χ4v) is 1.27. The van der Waals surface area contributed by atoms with Gasteiger partial charge in [0.15, 0.2) is 0 Å². The van der Waals surface area contributed by atoms with Crippen molar-refractivity contribution in [2.75, 3.05) is 11.9 Å². The highest BCUT2D eigenvalue weighted by Crippen LogP contribution is 2.13. The lowest BCUT2D eigenvalue weighted by Gasteiger charge is -1.99. The Morgan fingerprint density at radius 3 is 3.00 bits per heavy atom. The molecule has 0 aliphatic heterocycles. The summed E-state index contributed by atoms with van der Waals surface area (Å²) in [6.45, 7) is 6.55. The number of hydrogen-bond acceptors (Lipinski definition) is 2. The van der Waals surface area contributed by atoms with Crippen LogP contribution in [0.25, 0.3) is 11.0 Å². The van der Waals surface area contributed by atoms with Gasteiger partial charge < -0.3 is 10.3 Å². The molecule has 0 bridgehead atoms. The van der Waals surface area contributed by atoms with Crippen molar-refractivity contribution in [1.82, 2.24) is 9.97 Å². The van der Waals surface area contributed by atoms with E-state index >= 15 is 0 Å². The van der Waals surface area contributed by atoms with E-state index in [1.165, 1.54) is 0 Å². The average molecular weight is 187 g/mol. The Morgan fingerprint density at radius 2 is 2.29 bits per heavy atom. The molecule has 2 rings (SSSR count). The van der Waals surface area contributed by atoms with E-state index in [4.69, 9.17) is 0 Å². The molecule has 1 aromatic carbocycles. The Hall–Kier alpha value is -1.77. The monoisotopic (exact) mass is 187 g/mol. The van der Waals surface area contributed by atoms with Gasteiger partial charge in [-0.15, -0.1) is 0 Å². The van der Waals surface area contributed by atoms with Gasteiger partial charge in [0.05, 0.1) is 11.0 Å². The van der Waals surface area contributed by atoms with Crippen molar-refractivity contribution in [3.8, 4) is 0 Å². The third kappa shape index (κ3) is 1.76. The van der Waals surface area contributed by atoms with Gasteiger partial charge in [-0.05, 0) is 19.1 Å². The third-order valence-corrected chi connectivity index (χ3v) is 1.95. The fraction of sp³-hybridized carbons (Fsp3) is 0.182. The number of aromatic nitrogens is 2. The Labute approximate surface area is 82.9 Å². The molecule has 0 radical (unpaired) electrons. The van der Waals surface area contributed by atoms with Crippen molar-refractivity contribution >= 4 is 17.0 Å². The van der Waals surface area contributed by atoms with Crippen molar-refractivity contribution in [2.45, 2.75) is 6.92 Å². The summed E-state index contributed by atoms with van der Waals surface area (Å²) in [5.41, 5.74) is 3.12. The SMILES string of the molecule is C=C(C)CNc1nc2ccccc2[nH]1. The highest BCUT2D eigenvalue weighted by molar-refractivity contribution is 5.77. The minimum Gasteiger partial charge on any atom is -0.352 e. The lowest BCUT2D eigenvalue weighted by atomic mass is 10.3. The van der Waals surface area contributed by atoms with Gasteiger partial charge in [0, 0.05) is 6.54 Å². The Bertz CT molecular complexity index is 423. The maximum absolute atomic E-state index is 4.38. The Balaban J connectivity index is 2.22. The summed E-state index contributed by atoms with van der Waals surface area (Å²) in [5, 5.41) is 3.17. The zero-order valence-corrected chi connectivity index (χ0v) is 8.17. The normalized spacial score (nSPS) is 10.4. The third-order valence-electron chi connectivity index (χ3n) is 1.95. The molecule has 1 aromatic heterocycles. The maximum Gasteiger partial charge on any atom is 0.201 e. The minimum absolute atomic E-state index is 0.750. The first-order chi connectivity index (χ1) is 6.75. The van der Waals surface area contributed by atoms with Gasteiger partial charge in [-0.25, -0.2) is 4.98 Å². The van der Waals surface area contributed by atoms with Crippen molar-refractivity contribution in [1.29, 1.82) is 0 Å². The predicted molar refractivity (Wildman–Crippen MR) is 59.4 cm³/mol. The van der Waals surface area contributed by atoms with Crippen molar-refractivity contribution in [2.24, 2.45) is 0 Å². The number of anilines is 1. The van der Waals surface area contributed by atoms with Crippen LogP contribution in [-0.2, 0) is 0 Å². The zero-order valence-electron chi connectivity index (χ0n) is 8.17. The van der Waals surface area contributed by atoms with Gasteiger partial charge in [0.1, 0.15) is 0 Å². The molecule has 3 nitrogen and oxygen atoms in total. The van der Waals surface area contributed by atoms with Gasteiger partial charge in [0.25, 0.3) is 0 Å². The highest BCUT2D eigenvalue weighted by atomic mass is 15.1. The standard InChI is InChI=1S/C11H13N3/c1-8(2)7-12-11-13-9-5-3-4-6-10(9)14-11/h3-6H,1,7H2,2H3,(H2,12,13,14). The smallest absolute Gasteiger partial charge is 0.201 e. The summed E-state index contributed by atoms with van der Waals surface area (Å²) in [6, 6.07) is 7.96. The number of para-hydroxylation sites is 2. The lowest BCUT2D eigenvalue weighted by Crippen LogP contribution is -2.02. The van der Waals surface area contributed by atoms with E-state index < -0.39 is 0 Å². The van der Waals surface area contributed by atoms with E-state index in [9.17, 15) is 0 Å². The number of nitrogens with one attached hydrogen (secondary N) is 2. The molecule has 0 aliphatic rings. The molecule has 3 heteroatoms. The van der Waals surface area contributed by atoms with Gasteiger partial charge in [-0.1, -0.05) is 24.3 Å². The number of rotatable bonds is 3. The summed E-state index contributed by atoms with van der Waals surface area (Å²) in [6.07, 6.45) is 0. The quantitative estimate of drug-likeness (QED) is 0.725. The second kappa shape index (κ2) is 3.54. The largest absolute Gasteiger partial charge is 0.352 e. The van der Waals surface area contributed by atoms with Gasteiger partial charge in [-0.2, -0.15) is 0 Å². The van der Waals surface area contributed by atoms with Gasteiger partial charge in [0.2, 0.25) is 5.95 Å². The van der Waals surface area contributed by atoms with Crippen LogP contribution in [0.15, 0.2) is 36.4 Å². The predicted octanol–water partition coefficient (Wildman–Crippen LogP) is 2.55. The average Bonchev–Trinajstić information content (AvgIpc) is 2.57. The Morgan fingerprint density at radius 1 is 1.50 bits per heavy atom. The molecular formula is C11H13N3. The first-order valence-electron chi connectivity index (χ1n) is 4.59. The summed E-state index contributed by atoms with van der Waals surface area (Å²) in [4.78, 5) is 7.56. The van der Waals surface area contributed by atoms with Crippen molar-refractivity contribution < 1.29 is 0 Å². The molecule has 0 saturated carbocycles. The summed E-state index contributed by atoms with van der Waals surface area (Å²) < 4.78 is 0. The van der Waals surface area contributed by atoms with Crippen LogP contribution in [-0.4, -0.2) is 16.5 Å². The van der Waals surface area contributed by atoms with Crippen LogP contribution < -0.4 is 5.32 Å². The molecule has 2 N–H and O–H groups in total. The topological polar surface area (TPSA) is 40.7 Å². The zero-order chi connectivity index (χ0) is 9.97. The van der Waals surface area contributed by atoms with Crippen LogP contribution in [0.3, 0.4) is 0 Å². The fourth-order valence-electron chi connectivity index (χ4n) is 1.27. The number of aromatic amines is 1. The molecule has 2 aromatic rings. The van der Waals surface area contributed by atoms with Crippen LogP contribution >= 0.6 is 0 Å². The number of H-pyrrole nitrogens is 1. The van der Waals surface area contributed by atoms with E-state index in [-0.39, 0.29) is 0 Å². The molecule has 0 fully saturated rings. The van der Waals surface area contributed by atoms with E-state index in [0.717, 1.165) is 29.1 Å². The number of benzene rings is 1. The van der Waals surface area contributed by atoms with Crippen LogP contribution in [0.4, 0.5) is 5.95 Å². The van der Waals surface area contributed by atoms with Gasteiger partial charge in [-0.3, -0.25) is 0 Å². The van der Waals surface area contributed by atoms with Crippen molar-refractivity contribution in [3.05, 3.63) is 36.4 Å². The van der Waals surface area contributed by atoms with Crippen LogP contribution in [0.1, 0.15) is 6.92 Å². The van der Waals surface area contributed by atoms with E-state index in [1.54, 1.807) is 0 Å². The number of fused-ring (bicyclic) bond motifs is 1. The van der Waals surface area contributed by atoms with Crippen LogP contribution in [0.5, 0.6) is 0 Å². The number of hydrogen-bond donors (Lipinski definition) is 2. The molecule has 72 valence electrons. The molecule has 0 spiro atoms. The van der Waals surface area contributed by atoms with Crippen molar-refractivity contribution in [3.63, 3.8) is 0 Å². The van der Waals surface area contributed by atoms with E-state index in [2.05, 4.69) is 21.9 Å². The highest BCUT2D eigenvalue weighted by Gasteiger charge is 1.99. The number of imidazole rings is 1. The van der Waals surface area contributed by atoms with E-state index in [0.29, 0.717) is 0 Å². The minimum atomic E-state index is 0.750. The Kier molecular flexibility index (Phi) is 2.23. The molecule has 1 heterocycles. The van der Waals surface area contributed by atoms with Crippen LogP contribution in [0, 0.1) is 0 Å². The van der Waals surface area contributed by atoms with Crippen LogP contribution in [0.2, 0.25) is 0 Å². The van der Waals surface area contributed by atoms with E-state index in [1.807, 2.05) is 31.2 Å². The molecule has 0 amide bonds. The maximum atomic E-state index is 4.38. The first kappa shape index (κ1) is 8.81. The van der Waals surface area contributed by atoms with Gasteiger partial charge >= 0.3 is 0 Å². The second-order valence-electron chi connectivity index (χ2n) is 3.41. The number of nitrogens with zero attached hydrogens (tertiary/aromatic N) is 1. The molecule has 0 unspecified atom stereocenters. The molecule has 14 heavy (non-hydrogen) atoms. The summed E-state index contributed by atoms with van der Waals surface area (Å²) in [5.74, 6) is 0.800. The molecule has 0 aliphatic carbocycles.